The van der Waals surface area contributed by atoms with Crippen molar-refractivity contribution in [2.45, 2.75) is 37.9 Å². The summed E-state index contributed by atoms with van der Waals surface area (Å²) in [5.41, 5.74) is 0. The molecule has 0 aromatic heterocycles. The number of carboxylic acid groups (broad SMARTS) is 1. The summed E-state index contributed by atoms with van der Waals surface area (Å²) in [7, 11) is 0. The van der Waals surface area contributed by atoms with Gasteiger partial charge in [-0.1, -0.05) is 6.92 Å². The van der Waals surface area contributed by atoms with Gasteiger partial charge in [-0.15, -0.1) is 0 Å². The molecule has 3 heteroatoms. The zero-order valence-electron chi connectivity index (χ0n) is 6.21. The first-order valence-electron chi connectivity index (χ1n) is 3.56. The van der Waals surface area contributed by atoms with E-state index in [1.165, 1.54) is 0 Å². The van der Waals surface area contributed by atoms with Crippen LogP contribution >= 0.6 is 12.6 Å². The van der Waals surface area contributed by atoms with Crippen molar-refractivity contribution in [3.05, 3.63) is 0 Å². The maximum absolute atomic E-state index is 10.0. The number of thiol groups is 1. The third-order valence-electron chi connectivity index (χ3n) is 1.40. The molecule has 0 aromatic carbocycles. The second kappa shape index (κ2) is 5.59. The summed E-state index contributed by atoms with van der Waals surface area (Å²) < 4.78 is 0. The predicted molar refractivity (Wildman–Crippen MR) is 44.6 cm³/mol. The SMILES string of the molecule is CCC(S)CCCC(=O)O. The van der Waals surface area contributed by atoms with Crippen LogP contribution in [0.15, 0.2) is 0 Å². The molecule has 2 nitrogen and oxygen atoms in total. The Bertz CT molecular complexity index is 104. The van der Waals surface area contributed by atoms with Gasteiger partial charge in [0.05, 0.1) is 0 Å². The average Bonchev–Trinajstić information content (AvgIpc) is 1.87. The van der Waals surface area contributed by atoms with Crippen molar-refractivity contribution in [2.75, 3.05) is 0 Å². The maximum atomic E-state index is 10.0. The quantitative estimate of drug-likeness (QED) is 0.606. The summed E-state index contributed by atoms with van der Waals surface area (Å²) in [6, 6.07) is 0. The van der Waals surface area contributed by atoms with Crippen molar-refractivity contribution in [3.63, 3.8) is 0 Å². The van der Waals surface area contributed by atoms with Gasteiger partial charge in [0.15, 0.2) is 0 Å². The molecule has 0 aliphatic rings. The van der Waals surface area contributed by atoms with Gasteiger partial charge in [0.25, 0.3) is 0 Å². The van der Waals surface area contributed by atoms with Crippen LogP contribution in [0.25, 0.3) is 0 Å². The van der Waals surface area contributed by atoms with Gasteiger partial charge in [0.1, 0.15) is 0 Å². The van der Waals surface area contributed by atoms with Crippen molar-refractivity contribution in [1.82, 2.24) is 0 Å². The predicted octanol–water partition coefficient (Wildman–Crippen LogP) is 1.95. The number of carboxylic acids is 1. The molecule has 60 valence electrons. The first-order chi connectivity index (χ1) is 4.66. The molecule has 0 saturated heterocycles. The van der Waals surface area contributed by atoms with Crippen LogP contribution in [0, 0.1) is 0 Å². The summed E-state index contributed by atoms with van der Waals surface area (Å²) in [6.07, 6.45) is 2.95. The number of carbonyl (C=O) groups is 1. The standard InChI is InChI=1S/C7H14O2S/c1-2-6(10)4-3-5-7(8)9/h6,10H,2-5H2,1H3,(H,8,9). The molecule has 1 atom stereocenters. The van der Waals surface area contributed by atoms with Gasteiger partial charge >= 0.3 is 5.97 Å². The normalized spacial score (nSPS) is 13.0. The third-order valence-corrected chi connectivity index (χ3v) is 2.02. The maximum Gasteiger partial charge on any atom is 0.303 e. The molecule has 0 aromatic rings. The van der Waals surface area contributed by atoms with Crippen molar-refractivity contribution in [1.29, 1.82) is 0 Å². The highest BCUT2D eigenvalue weighted by Gasteiger charge is 2.01. The van der Waals surface area contributed by atoms with E-state index in [4.69, 9.17) is 5.11 Å². The van der Waals surface area contributed by atoms with E-state index in [0.717, 1.165) is 19.3 Å². The van der Waals surface area contributed by atoms with Gasteiger partial charge in [-0.05, 0) is 19.3 Å². The van der Waals surface area contributed by atoms with Crippen LogP contribution in [0.4, 0.5) is 0 Å². The first-order valence-corrected chi connectivity index (χ1v) is 4.08. The van der Waals surface area contributed by atoms with E-state index in [2.05, 4.69) is 19.6 Å². The Balaban J connectivity index is 3.11. The highest BCUT2D eigenvalue weighted by molar-refractivity contribution is 7.80. The smallest absolute Gasteiger partial charge is 0.303 e. The van der Waals surface area contributed by atoms with Crippen LogP contribution in [0.1, 0.15) is 32.6 Å². The zero-order chi connectivity index (χ0) is 7.98. The summed E-state index contributed by atoms with van der Waals surface area (Å²) in [5, 5.41) is 8.65. The molecule has 0 radical (unpaired) electrons. The largest absolute Gasteiger partial charge is 0.481 e. The van der Waals surface area contributed by atoms with E-state index in [0.29, 0.717) is 5.25 Å². The molecule has 0 fully saturated rings. The van der Waals surface area contributed by atoms with Gasteiger partial charge in [-0.2, -0.15) is 12.6 Å². The molecule has 0 aliphatic carbocycles. The van der Waals surface area contributed by atoms with Crippen molar-refractivity contribution < 1.29 is 9.90 Å². The molecular weight excluding hydrogens is 148 g/mol. The third kappa shape index (κ3) is 5.95. The van der Waals surface area contributed by atoms with Crippen LogP contribution in [-0.2, 0) is 4.79 Å². The van der Waals surface area contributed by atoms with E-state index in [1.54, 1.807) is 0 Å². The number of aliphatic carboxylic acids is 1. The Hall–Kier alpha value is -0.180. The Labute approximate surface area is 67.0 Å². The van der Waals surface area contributed by atoms with Crippen LogP contribution in [-0.4, -0.2) is 16.3 Å². The molecule has 1 N–H and O–H groups in total. The summed E-state index contributed by atoms with van der Waals surface area (Å²) in [4.78, 5) is 10.0. The second-order valence-electron chi connectivity index (χ2n) is 2.35. The van der Waals surface area contributed by atoms with Crippen LogP contribution < -0.4 is 0 Å². The highest BCUT2D eigenvalue weighted by atomic mass is 32.1. The molecule has 0 bridgehead atoms. The van der Waals surface area contributed by atoms with E-state index < -0.39 is 5.97 Å². The van der Waals surface area contributed by atoms with Gasteiger partial charge in [0.2, 0.25) is 0 Å². The van der Waals surface area contributed by atoms with Crippen LogP contribution in [0.3, 0.4) is 0 Å². The lowest BCUT2D eigenvalue weighted by molar-refractivity contribution is -0.137. The lowest BCUT2D eigenvalue weighted by atomic mass is 10.1. The summed E-state index contributed by atoms with van der Waals surface area (Å²) in [6.45, 7) is 2.05. The molecule has 0 rings (SSSR count). The zero-order valence-corrected chi connectivity index (χ0v) is 7.10. The molecule has 0 spiro atoms. The lowest BCUT2D eigenvalue weighted by Crippen LogP contribution is -1.99. The van der Waals surface area contributed by atoms with Crippen molar-refractivity contribution in [2.24, 2.45) is 0 Å². The molecule has 0 heterocycles. The average molecular weight is 162 g/mol. The fourth-order valence-corrected chi connectivity index (χ4v) is 0.876. The van der Waals surface area contributed by atoms with E-state index in [9.17, 15) is 4.79 Å². The summed E-state index contributed by atoms with van der Waals surface area (Å²) in [5.74, 6) is -0.711. The van der Waals surface area contributed by atoms with E-state index in [-0.39, 0.29) is 6.42 Å². The molecule has 0 aliphatic heterocycles. The van der Waals surface area contributed by atoms with Crippen molar-refractivity contribution >= 4 is 18.6 Å². The molecule has 10 heavy (non-hydrogen) atoms. The Morgan fingerprint density at radius 1 is 1.70 bits per heavy atom. The molecule has 0 saturated carbocycles. The second-order valence-corrected chi connectivity index (χ2v) is 3.08. The van der Waals surface area contributed by atoms with E-state index >= 15 is 0 Å². The number of rotatable bonds is 5. The fraction of sp³-hybridized carbons (Fsp3) is 0.857. The first kappa shape index (κ1) is 9.82. The van der Waals surface area contributed by atoms with E-state index in [1.807, 2.05) is 0 Å². The van der Waals surface area contributed by atoms with Gasteiger partial charge < -0.3 is 5.11 Å². The van der Waals surface area contributed by atoms with Crippen molar-refractivity contribution in [3.8, 4) is 0 Å². The number of hydrogen-bond acceptors (Lipinski definition) is 2. The Morgan fingerprint density at radius 2 is 2.30 bits per heavy atom. The minimum Gasteiger partial charge on any atom is -0.481 e. The van der Waals surface area contributed by atoms with Gasteiger partial charge in [-0.3, -0.25) is 4.79 Å². The Morgan fingerprint density at radius 3 is 2.70 bits per heavy atom. The van der Waals surface area contributed by atoms with Crippen LogP contribution in [0.2, 0.25) is 0 Å². The summed E-state index contributed by atoms with van der Waals surface area (Å²) >= 11 is 4.24. The lowest BCUT2D eigenvalue weighted by Gasteiger charge is -2.04. The molecular formula is C7H14O2S. The minimum atomic E-state index is -0.711. The van der Waals surface area contributed by atoms with Gasteiger partial charge in [-0.25, -0.2) is 0 Å². The fourth-order valence-electron chi connectivity index (χ4n) is 0.693. The minimum absolute atomic E-state index is 0.275. The Kier molecular flexibility index (Phi) is 5.49. The van der Waals surface area contributed by atoms with Crippen LogP contribution in [0.5, 0.6) is 0 Å². The highest BCUT2D eigenvalue weighted by Crippen LogP contribution is 2.09. The molecule has 1 unspecified atom stereocenters. The number of hydrogen-bond donors (Lipinski definition) is 2. The monoisotopic (exact) mass is 162 g/mol. The van der Waals surface area contributed by atoms with Gasteiger partial charge in [0, 0.05) is 11.7 Å². The topological polar surface area (TPSA) is 37.3 Å². The molecule has 0 amide bonds.